The van der Waals surface area contributed by atoms with E-state index in [1.165, 1.54) is 10.9 Å². The summed E-state index contributed by atoms with van der Waals surface area (Å²) in [6, 6.07) is 3.26. The first-order valence-corrected chi connectivity index (χ1v) is 7.54. The van der Waals surface area contributed by atoms with Crippen LogP contribution in [0.3, 0.4) is 0 Å². The average Bonchev–Trinajstić information content (AvgIpc) is 3.18. The van der Waals surface area contributed by atoms with Crippen LogP contribution in [0.1, 0.15) is 18.3 Å². The minimum atomic E-state index is -0.595. The molecule has 0 saturated heterocycles. The van der Waals surface area contributed by atoms with Crippen LogP contribution in [0.2, 0.25) is 0 Å². The summed E-state index contributed by atoms with van der Waals surface area (Å²) >= 11 is 0. The number of nitrogens with zero attached hydrogens (tertiary/aromatic N) is 7. The molecule has 0 atom stereocenters. The first kappa shape index (κ1) is 14.4. The Morgan fingerprint density at radius 3 is 2.88 bits per heavy atom. The zero-order chi connectivity index (χ0) is 16.7. The van der Waals surface area contributed by atoms with Crippen LogP contribution in [-0.2, 0) is 6.42 Å². The molecular formula is C16H14FN7. The Hall–Kier alpha value is -3.16. The number of aromatic nitrogens is 7. The zero-order valence-electron chi connectivity index (χ0n) is 13.2. The Labute approximate surface area is 136 Å². The molecule has 8 heteroatoms. The molecule has 0 unspecified atom stereocenters. The van der Waals surface area contributed by atoms with Crippen molar-refractivity contribution < 1.29 is 4.39 Å². The number of rotatable bonds is 3. The van der Waals surface area contributed by atoms with E-state index in [2.05, 4.69) is 25.3 Å². The highest BCUT2D eigenvalue weighted by Gasteiger charge is 2.16. The van der Waals surface area contributed by atoms with Gasteiger partial charge < -0.3 is 4.40 Å². The molecule has 7 nitrogen and oxygen atoms in total. The Kier molecular flexibility index (Phi) is 3.30. The van der Waals surface area contributed by atoms with Crippen molar-refractivity contribution in [2.45, 2.75) is 20.3 Å². The molecular weight excluding hydrogens is 309 g/mol. The number of fused-ring (bicyclic) bond motifs is 1. The van der Waals surface area contributed by atoms with Crippen molar-refractivity contribution in [1.29, 1.82) is 0 Å². The molecule has 0 aliphatic rings. The van der Waals surface area contributed by atoms with Gasteiger partial charge in [0.25, 0.3) is 0 Å². The molecule has 0 spiro atoms. The second-order valence-electron chi connectivity index (χ2n) is 5.37. The topological polar surface area (TPSA) is 73.8 Å². The van der Waals surface area contributed by atoms with Gasteiger partial charge in [0.2, 0.25) is 5.95 Å². The monoisotopic (exact) mass is 323 g/mol. The fourth-order valence-electron chi connectivity index (χ4n) is 2.57. The largest absolute Gasteiger partial charge is 0.303 e. The van der Waals surface area contributed by atoms with Gasteiger partial charge in [0.15, 0.2) is 5.65 Å². The van der Waals surface area contributed by atoms with E-state index >= 15 is 0 Å². The Morgan fingerprint density at radius 1 is 1.21 bits per heavy atom. The first-order chi connectivity index (χ1) is 11.7. The third-order valence-corrected chi connectivity index (χ3v) is 3.86. The SMILES string of the molecule is CCc1cn2cc(-c3nnn(-c4cccnc4F)c3C)ncc2n1. The molecule has 120 valence electrons. The van der Waals surface area contributed by atoms with Gasteiger partial charge in [-0.05, 0) is 25.5 Å². The minimum Gasteiger partial charge on any atom is -0.303 e. The maximum atomic E-state index is 13.9. The fraction of sp³-hybridized carbons (Fsp3) is 0.188. The Morgan fingerprint density at radius 2 is 2.08 bits per heavy atom. The van der Waals surface area contributed by atoms with Gasteiger partial charge in [-0.1, -0.05) is 12.1 Å². The molecule has 0 fully saturated rings. The van der Waals surface area contributed by atoms with Crippen LogP contribution < -0.4 is 0 Å². The predicted octanol–water partition coefficient (Wildman–Crippen LogP) is 2.38. The molecule has 0 aromatic carbocycles. The van der Waals surface area contributed by atoms with Crippen LogP contribution in [0, 0.1) is 12.9 Å². The van der Waals surface area contributed by atoms with Crippen LogP contribution in [0.25, 0.3) is 22.7 Å². The van der Waals surface area contributed by atoms with Gasteiger partial charge >= 0.3 is 0 Å². The molecule has 0 saturated carbocycles. The van der Waals surface area contributed by atoms with Crippen molar-refractivity contribution in [2.24, 2.45) is 0 Å². The van der Waals surface area contributed by atoms with E-state index in [0.29, 0.717) is 17.1 Å². The molecule has 0 bridgehead atoms. The predicted molar refractivity (Wildman–Crippen MR) is 85.2 cm³/mol. The summed E-state index contributed by atoms with van der Waals surface area (Å²) in [6.07, 6.45) is 7.75. The second-order valence-corrected chi connectivity index (χ2v) is 5.37. The van der Waals surface area contributed by atoms with E-state index in [1.54, 1.807) is 18.3 Å². The summed E-state index contributed by atoms with van der Waals surface area (Å²) in [6.45, 7) is 3.87. The number of hydrogen-bond donors (Lipinski definition) is 0. The maximum Gasteiger partial charge on any atom is 0.238 e. The summed E-state index contributed by atoms with van der Waals surface area (Å²) < 4.78 is 17.2. The molecule has 0 aliphatic heterocycles. The summed E-state index contributed by atoms with van der Waals surface area (Å²) in [5.41, 5.74) is 3.95. The van der Waals surface area contributed by atoms with Crippen LogP contribution >= 0.6 is 0 Å². The minimum absolute atomic E-state index is 0.255. The smallest absolute Gasteiger partial charge is 0.238 e. The van der Waals surface area contributed by atoms with Crippen LogP contribution in [0.5, 0.6) is 0 Å². The summed E-state index contributed by atoms with van der Waals surface area (Å²) in [5, 5.41) is 8.21. The molecule has 0 N–H and O–H groups in total. The normalized spacial score (nSPS) is 11.3. The third kappa shape index (κ3) is 2.23. The number of imidazole rings is 1. The lowest BCUT2D eigenvalue weighted by molar-refractivity contribution is 0.564. The Balaban J connectivity index is 1.82. The third-order valence-electron chi connectivity index (χ3n) is 3.86. The van der Waals surface area contributed by atoms with E-state index in [9.17, 15) is 4.39 Å². The molecule has 4 rings (SSSR count). The lowest BCUT2D eigenvalue weighted by atomic mass is 10.2. The molecule has 4 aromatic rings. The van der Waals surface area contributed by atoms with Gasteiger partial charge in [0.05, 0.1) is 17.6 Å². The number of hydrogen-bond acceptors (Lipinski definition) is 5. The summed E-state index contributed by atoms with van der Waals surface area (Å²) in [7, 11) is 0. The number of aryl methyl sites for hydroxylation is 1. The van der Waals surface area contributed by atoms with E-state index in [0.717, 1.165) is 17.8 Å². The van der Waals surface area contributed by atoms with E-state index in [1.807, 2.05) is 30.6 Å². The summed E-state index contributed by atoms with van der Waals surface area (Å²) in [5.74, 6) is -0.595. The molecule has 24 heavy (non-hydrogen) atoms. The highest BCUT2D eigenvalue weighted by atomic mass is 19.1. The van der Waals surface area contributed by atoms with Crippen LogP contribution in [0.4, 0.5) is 4.39 Å². The lowest BCUT2D eigenvalue weighted by Crippen LogP contribution is -2.03. The highest BCUT2D eigenvalue weighted by Crippen LogP contribution is 2.22. The van der Waals surface area contributed by atoms with Crippen molar-refractivity contribution in [3.63, 3.8) is 0 Å². The first-order valence-electron chi connectivity index (χ1n) is 7.54. The van der Waals surface area contributed by atoms with Gasteiger partial charge in [-0.3, -0.25) is 0 Å². The Bertz CT molecular complexity index is 1030. The van der Waals surface area contributed by atoms with Crippen molar-refractivity contribution in [3.05, 3.63) is 54.3 Å². The average molecular weight is 323 g/mol. The van der Waals surface area contributed by atoms with Gasteiger partial charge in [-0.25, -0.2) is 19.6 Å². The van der Waals surface area contributed by atoms with Crippen molar-refractivity contribution in [3.8, 4) is 17.1 Å². The zero-order valence-corrected chi connectivity index (χ0v) is 13.2. The van der Waals surface area contributed by atoms with Crippen molar-refractivity contribution in [1.82, 2.24) is 34.3 Å². The summed E-state index contributed by atoms with van der Waals surface area (Å²) in [4.78, 5) is 12.5. The number of pyridine rings is 1. The maximum absolute atomic E-state index is 13.9. The van der Waals surface area contributed by atoms with Crippen molar-refractivity contribution >= 4 is 5.65 Å². The highest BCUT2D eigenvalue weighted by molar-refractivity contribution is 5.58. The fourth-order valence-corrected chi connectivity index (χ4v) is 2.57. The van der Waals surface area contributed by atoms with E-state index < -0.39 is 5.95 Å². The standard InChI is InChI=1S/C16H14FN7/c1-3-11-8-23-9-12(19-7-14(23)20-11)15-10(2)24(22-21-15)13-5-4-6-18-16(13)17/h4-9H,3H2,1-2H3. The van der Waals surface area contributed by atoms with Crippen LogP contribution in [-0.4, -0.2) is 34.3 Å². The quantitative estimate of drug-likeness (QED) is 0.541. The molecule has 4 heterocycles. The van der Waals surface area contributed by atoms with Gasteiger partial charge in [0, 0.05) is 18.6 Å². The number of halogens is 1. The second kappa shape index (κ2) is 5.48. The van der Waals surface area contributed by atoms with E-state index in [-0.39, 0.29) is 5.69 Å². The van der Waals surface area contributed by atoms with Crippen molar-refractivity contribution in [2.75, 3.05) is 0 Å². The van der Waals surface area contributed by atoms with Gasteiger partial charge in [-0.2, -0.15) is 4.39 Å². The van der Waals surface area contributed by atoms with Crippen LogP contribution in [0.15, 0.2) is 36.9 Å². The molecule has 4 aromatic heterocycles. The lowest BCUT2D eigenvalue weighted by Gasteiger charge is -2.04. The van der Waals surface area contributed by atoms with Gasteiger partial charge in [0.1, 0.15) is 17.1 Å². The molecule has 0 aliphatic carbocycles. The molecule has 0 radical (unpaired) electrons. The van der Waals surface area contributed by atoms with E-state index in [4.69, 9.17) is 0 Å². The van der Waals surface area contributed by atoms with Gasteiger partial charge in [-0.15, -0.1) is 5.10 Å². The molecule has 0 amide bonds.